The van der Waals surface area contributed by atoms with Gasteiger partial charge in [0.2, 0.25) is 5.91 Å². The molecule has 2 atom stereocenters. The van der Waals surface area contributed by atoms with Gasteiger partial charge in [-0.1, -0.05) is 11.8 Å². The number of carbonyl (C=O) groups is 3. The minimum absolute atomic E-state index is 0.0374. The number of nitrogens with two attached hydrogens (primary N) is 1. The van der Waals surface area contributed by atoms with Crippen LogP contribution in [0.5, 0.6) is 0 Å². The molecule has 0 bridgehead atoms. The van der Waals surface area contributed by atoms with Crippen LogP contribution in [0.2, 0.25) is 0 Å². The molecular formula is C16H16N2O6S. The zero-order valence-electron chi connectivity index (χ0n) is 13.8. The van der Waals surface area contributed by atoms with Gasteiger partial charge in [0.1, 0.15) is 11.6 Å². The third-order valence-corrected chi connectivity index (χ3v) is 5.20. The fourth-order valence-corrected chi connectivity index (χ4v) is 4.05. The van der Waals surface area contributed by atoms with Crippen molar-refractivity contribution in [3.05, 3.63) is 46.2 Å². The molecule has 2 N–H and O–H groups in total. The number of nitrogens with zero attached hydrogens (tertiary/aromatic N) is 1. The van der Waals surface area contributed by atoms with Crippen molar-refractivity contribution < 1.29 is 28.3 Å². The Morgan fingerprint density at radius 1 is 1.24 bits per heavy atom. The molecule has 3 heterocycles. The number of rotatable bonds is 3. The third-order valence-electron chi connectivity index (χ3n) is 4.02. The van der Waals surface area contributed by atoms with Crippen molar-refractivity contribution in [3.63, 3.8) is 0 Å². The summed E-state index contributed by atoms with van der Waals surface area (Å²) in [4.78, 5) is 38.6. The summed E-state index contributed by atoms with van der Waals surface area (Å²) in [5.74, 6) is -2.42. The summed E-state index contributed by atoms with van der Waals surface area (Å²) in [5, 5.41) is -0.113. The minimum atomic E-state index is -0.924. The maximum Gasteiger partial charge on any atom is 0.338 e. The number of esters is 2. The molecule has 132 valence electrons. The van der Waals surface area contributed by atoms with Crippen molar-refractivity contribution in [2.24, 2.45) is 5.73 Å². The van der Waals surface area contributed by atoms with Crippen LogP contribution in [0.25, 0.3) is 0 Å². The zero-order valence-corrected chi connectivity index (χ0v) is 14.6. The Morgan fingerprint density at radius 2 is 1.88 bits per heavy atom. The average Bonchev–Trinajstić information content (AvgIpc) is 3.22. The van der Waals surface area contributed by atoms with E-state index >= 15 is 0 Å². The lowest BCUT2D eigenvalue weighted by atomic mass is 9.86. The van der Waals surface area contributed by atoms with Crippen molar-refractivity contribution >= 4 is 29.6 Å². The van der Waals surface area contributed by atoms with Crippen molar-refractivity contribution in [1.82, 2.24) is 4.90 Å². The smallest absolute Gasteiger partial charge is 0.338 e. The summed E-state index contributed by atoms with van der Waals surface area (Å²) < 4.78 is 15.1. The van der Waals surface area contributed by atoms with Crippen LogP contribution >= 0.6 is 11.8 Å². The topological polar surface area (TPSA) is 112 Å². The van der Waals surface area contributed by atoms with Crippen molar-refractivity contribution in [2.75, 3.05) is 14.2 Å². The number of carbonyl (C=O) groups excluding carboxylic acids is 3. The van der Waals surface area contributed by atoms with E-state index < -0.39 is 23.1 Å². The van der Waals surface area contributed by atoms with Crippen molar-refractivity contribution in [2.45, 2.75) is 18.1 Å². The van der Waals surface area contributed by atoms with E-state index in [1.165, 1.54) is 37.1 Å². The molecule has 0 saturated carbocycles. The number of hydrogen-bond acceptors (Lipinski definition) is 8. The summed E-state index contributed by atoms with van der Waals surface area (Å²) in [5.41, 5.74) is 6.22. The lowest BCUT2D eigenvalue weighted by Gasteiger charge is -2.31. The molecule has 1 aromatic heterocycles. The minimum Gasteiger partial charge on any atom is -0.468 e. The van der Waals surface area contributed by atoms with Crippen LogP contribution in [0.1, 0.15) is 18.6 Å². The number of thioether (sulfide) groups is 1. The molecule has 0 spiro atoms. The fourth-order valence-electron chi connectivity index (χ4n) is 2.89. The van der Waals surface area contributed by atoms with Crippen LogP contribution in [0, 0.1) is 0 Å². The van der Waals surface area contributed by atoms with E-state index in [1.54, 1.807) is 19.1 Å². The first-order valence-electron chi connectivity index (χ1n) is 7.36. The monoisotopic (exact) mass is 364 g/mol. The Kier molecular flexibility index (Phi) is 4.34. The Balaban J connectivity index is 2.31. The molecule has 25 heavy (non-hydrogen) atoms. The Hall–Kier alpha value is -2.68. The predicted octanol–water partition coefficient (Wildman–Crippen LogP) is 1.07. The molecule has 1 fully saturated rings. The Bertz CT molecular complexity index is 811. The van der Waals surface area contributed by atoms with Gasteiger partial charge in [0.25, 0.3) is 0 Å². The molecule has 0 aliphatic carbocycles. The van der Waals surface area contributed by atoms with E-state index in [2.05, 4.69) is 0 Å². The number of furan rings is 1. The van der Waals surface area contributed by atoms with Crippen molar-refractivity contribution in [1.29, 1.82) is 0 Å². The van der Waals surface area contributed by atoms with E-state index in [0.717, 1.165) is 0 Å². The summed E-state index contributed by atoms with van der Waals surface area (Å²) in [6, 6.07) is 3.24. The second kappa shape index (κ2) is 6.32. The second-order valence-corrected chi connectivity index (χ2v) is 6.71. The first-order valence-corrected chi connectivity index (χ1v) is 8.24. The maximum absolute atomic E-state index is 12.5. The molecule has 1 amide bonds. The highest BCUT2D eigenvalue weighted by Gasteiger charge is 2.49. The molecule has 9 heteroatoms. The van der Waals surface area contributed by atoms with E-state index in [4.69, 9.17) is 19.6 Å². The number of methoxy groups -OCH3 is 2. The van der Waals surface area contributed by atoms with E-state index in [-0.39, 0.29) is 22.9 Å². The van der Waals surface area contributed by atoms with Gasteiger partial charge in [-0.25, -0.2) is 9.59 Å². The molecule has 2 aliphatic heterocycles. The highest BCUT2D eigenvalue weighted by molar-refractivity contribution is 8.04. The van der Waals surface area contributed by atoms with Gasteiger partial charge < -0.3 is 19.6 Å². The summed E-state index contributed by atoms with van der Waals surface area (Å²) in [6.07, 6.45) is 1.42. The number of amides is 1. The molecule has 0 aromatic carbocycles. The highest BCUT2D eigenvalue weighted by atomic mass is 32.2. The molecule has 0 radical (unpaired) electrons. The lowest BCUT2D eigenvalue weighted by Crippen LogP contribution is -2.40. The summed E-state index contributed by atoms with van der Waals surface area (Å²) in [7, 11) is 2.42. The van der Waals surface area contributed by atoms with Gasteiger partial charge in [-0.3, -0.25) is 9.69 Å². The average molecular weight is 364 g/mol. The van der Waals surface area contributed by atoms with E-state index in [1.807, 2.05) is 0 Å². The second-order valence-electron chi connectivity index (χ2n) is 5.38. The van der Waals surface area contributed by atoms with Gasteiger partial charge in [0.15, 0.2) is 0 Å². The van der Waals surface area contributed by atoms with Crippen LogP contribution in [0.15, 0.2) is 44.8 Å². The number of hydrogen-bond donors (Lipinski definition) is 1. The first kappa shape index (κ1) is 17.2. The molecule has 1 aromatic rings. The SMILES string of the molecule is COC(=O)C1=C(N)N2C(=O)C(C)SC2=C(C(=O)OC)C1c1ccco1. The van der Waals surface area contributed by atoms with Crippen LogP contribution in [0.3, 0.4) is 0 Å². The van der Waals surface area contributed by atoms with Crippen LogP contribution in [-0.2, 0) is 23.9 Å². The van der Waals surface area contributed by atoms with Gasteiger partial charge in [-0.05, 0) is 19.1 Å². The van der Waals surface area contributed by atoms with Crippen molar-refractivity contribution in [3.8, 4) is 0 Å². The molecule has 8 nitrogen and oxygen atoms in total. The van der Waals surface area contributed by atoms with E-state index in [9.17, 15) is 14.4 Å². The number of fused-ring (bicyclic) bond motifs is 1. The fraction of sp³-hybridized carbons (Fsp3) is 0.312. The Labute approximate surface area is 147 Å². The first-order chi connectivity index (χ1) is 11.9. The van der Waals surface area contributed by atoms with Gasteiger partial charge in [-0.15, -0.1) is 0 Å². The Morgan fingerprint density at radius 3 is 2.44 bits per heavy atom. The lowest BCUT2D eigenvalue weighted by molar-refractivity contribution is -0.137. The summed E-state index contributed by atoms with van der Waals surface area (Å²) in [6.45, 7) is 1.69. The van der Waals surface area contributed by atoms with Gasteiger partial charge >= 0.3 is 11.9 Å². The standard InChI is InChI=1S/C16H16N2O6S/c1-7-13(19)18-12(17)10(15(20)22-2)9(8-5-4-6-24-8)11(14(18)25-7)16(21)23-3/h4-7,9H,17H2,1-3H3. The predicted molar refractivity (Wildman–Crippen MR) is 87.6 cm³/mol. The normalized spacial score (nSPS) is 23.0. The molecule has 3 rings (SSSR count). The van der Waals surface area contributed by atoms with Crippen LogP contribution < -0.4 is 5.73 Å². The molecule has 2 aliphatic rings. The molecule has 2 unspecified atom stereocenters. The van der Waals surface area contributed by atoms with Gasteiger partial charge in [0.05, 0.1) is 47.8 Å². The zero-order chi connectivity index (χ0) is 18.3. The maximum atomic E-state index is 12.5. The third kappa shape index (κ3) is 2.51. The highest BCUT2D eigenvalue weighted by Crippen LogP contribution is 2.49. The van der Waals surface area contributed by atoms with E-state index in [0.29, 0.717) is 10.8 Å². The quantitative estimate of drug-likeness (QED) is 0.793. The summed E-state index contributed by atoms with van der Waals surface area (Å²) >= 11 is 1.18. The number of ether oxygens (including phenoxy) is 2. The van der Waals surface area contributed by atoms with Gasteiger partial charge in [-0.2, -0.15) is 0 Å². The molecule has 1 saturated heterocycles. The largest absolute Gasteiger partial charge is 0.468 e. The van der Waals surface area contributed by atoms with Crippen LogP contribution in [0.4, 0.5) is 0 Å². The molecular weight excluding hydrogens is 348 g/mol. The van der Waals surface area contributed by atoms with Gasteiger partial charge in [0, 0.05) is 0 Å². The van der Waals surface area contributed by atoms with Crippen LogP contribution in [-0.4, -0.2) is 42.2 Å².